The maximum atomic E-state index is 14.2. The summed E-state index contributed by atoms with van der Waals surface area (Å²) in [7, 11) is -2.05. The molecule has 1 aliphatic heterocycles. The highest BCUT2D eigenvalue weighted by Crippen LogP contribution is 2.39. The van der Waals surface area contributed by atoms with Gasteiger partial charge in [0.15, 0.2) is 9.84 Å². The highest BCUT2D eigenvalue weighted by molar-refractivity contribution is 7.92. The number of hydrogen-bond donors (Lipinski definition) is 2. The molecule has 48 heavy (non-hydrogen) atoms. The van der Waals surface area contributed by atoms with Crippen molar-refractivity contribution in [3.05, 3.63) is 63.8 Å². The molecule has 0 spiro atoms. The van der Waals surface area contributed by atoms with Crippen molar-refractivity contribution in [2.75, 3.05) is 36.4 Å². The SMILES string of the molecule is CCC(CC)c1cc2cnc(Nc3ccc(N4CCNCC4)c(C(F)(F)F)c3)nc2n(Cc2nn(C)cc2S(=O)(=O)C2CCCC2)c1=O. The van der Waals surface area contributed by atoms with Crippen molar-refractivity contribution in [3.63, 3.8) is 0 Å². The van der Waals surface area contributed by atoms with Crippen LogP contribution in [0.1, 0.15) is 75.1 Å². The van der Waals surface area contributed by atoms with E-state index < -0.39 is 26.8 Å². The lowest BCUT2D eigenvalue weighted by molar-refractivity contribution is -0.137. The average Bonchev–Trinajstić information content (AvgIpc) is 3.75. The van der Waals surface area contributed by atoms with Gasteiger partial charge in [0.2, 0.25) is 5.95 Å². The molecule has 2 fully saturated rings. The van der Waals surface area contributed by atoms with E-state index in [0.717, 1.165) is 18.9 Å². The maximum Gasteiger partial charge on any atom is 0.418 e. The number of sulfone groups is 1. The fraction of sp³-hybridized carbons (Fsp3) is 0.515. The molecule has 0 unspecified atom stereocenters. The summed E-state index contributed by atoms with van der Waals surface area (Å²) in [6, 6.07) is 5.80. The molecule has 0 bridgehead atoms. The van der Waals surface area contributed by atoms with Gasteiger partial charge in [0.1, 0.15) is 16.2 Å². The van der Waals surface area contributed by atoms with E-state index in [1.54, 1.807) is 24.1 Å². The molecule has 15 heteroatoms. The van der Waals surface area contributed by atoms with E-state index >= 15 is 0 Å². The number of rotatable bonds is 10. The van der Waals surface area contributed by atoms with E-state index in [1.807, 2.05) is 13.8 Å². The molecule has 3 aromatic heterocycles. The average molecular weight is 687 g/mol. The predicted molar refractivity (Wildman–Crippen MR) is 179 cm³/mol. The molecular formula is C33H41F3N8O3S. The number of piperazine rings is 1. The van der Waals surface area contributed by atoms with Crippen LogP contribution in [-0.4, -0.2) is 64.2 Å². The molecule has 4 heterocycles. The van der Waals surface area contributed by atoms with Gasteiger partial charge in [-0.3, -0.25) is 14.0 Å². The highest BCUT2D eigenvalue weighted by atomic mass is 32.2. The van der Waals surface area contributed by atoms with Crippen LogP contribution in [0.15, 0.2) is 46.3 Å². The van der Waals surface area contributed by atoms with E-state index in [4.69, 9.17) is 0 Å². The van der Waals surface area contributed by atoms with Gasteiger partial charge in [-0.05, 0) is 55.9 Å². The molecule has 11 nitrogen and oxygen atoms in total. The third-order valence-electron chi connectivity index (χ3n) is 9.52. The molecule has 1 aliphatic carbocycles. The Kier molecular flexibility index (Phi) is 9.53. The Morgan fingerprint density at radius 2 is 1.79 bits per heavy atom. The van der Waals surface area contributed by atoms with Gasteiger partial charge in [0.25, 0.3) is 5.56 Å². The number of aromatic nitrogens is 5. The van der Waals surface area contributed by atoms with Crippen LogP contribution >= 0.6 is 0 Å². The third-order valence-corrected chi connectivity index (χ3v) is 11.8. The first-order valence-electron chi connectivity index (χ1n) is 16.5. The van der Waals surface area contributed by atoms with Crippen LogP contribution in [0, 0.1) is 0 Å². The second kappa shape index (κ2) is 13.5. The smallest absolute Gasteiger partial charge is 0.368 e. The second-order valence-corrected chi connectivity index (χ2v) is 14.8. The van der Waals surface area contributed by atoms with E-state index in [0.29, 0.717) is 62.8 Å². The van der Waals surface area contributed by atoms with Crippen molar-refractivity contribution in [1.29, 1.82) is 0 Å². The molecule has 1 saturated heterocycles. The van der Waals surface area contributed by atoms with Gasteiger partial charge in [0.05, 0.1) is 17.4 Å². The molecule has 0 radical (unpaired) electrons. The first kappa shape index (κ1) is 33.9. The van der Waals surface area contributed by atoms with Gasteiger partial charge in [-0.15, -0.1) is 0 Å². The van der Waals surface area contributed by atoms with Crippen LogP contribution in [0.5, 0.6) is 0 Å². The van der Waals surface area contributed by atoms with Crippen LogP contribution in [0.2, 0.25) is 0 Å². The Morgan fingerprint density at radius 3 is 2.46 bits per heavy atom. The number of pyridine rings is 1. The number of anilines is 3. The van der Waals surface area contributed by atoms with E-state index in [1.165, 1.54) is 27.7 Å². The van der Waals surface area contributed by atoms with Gasteiger partial charge < -0.3 is 15.5 Å². The largest absolute Gasteiger partial charge is 0.418 e. The molecule has 2 N–H and O–H groups in total. The quantitative estimate of drug-likeness (QED) is 0.227. The zero-order valence-electron chi connectivity index (χ0n) is 27.3. The number of nitrogens with zero attached hydrogens (tertiary/aromatic N) is 6. The zero-order valence-corrected chi connectivity index (χ0v) is 28.2. The van der Waals surface area contributed by atoms with Gasteiger partial charge in [-0.2, -0.15) is 23.3 Å². The first-order chi connectivity index (χ1) is 22.9. The lowest BCUT2D eigenvalue weighted by Gasteiger charge is -2.31. The first-order valence-corrected chi connectivity index (χ1v) is 18.1. The van der Waals surface area contributed by atoms with Crippen molar-refractivity contribution in [1.82, 2.24) is 29.6 Å². The minimum atomic E-state index is -4.59. The number of hydrogen-bond acceptors (Lipinski definition) is 9. The topological polar surface area (TPSA) is 127 Å². The molecule has 2 aliphatic rings. The van der Waals surface area contributed by atoms with Gasteiger partial charge in [0, 0.05) is 67.9 Å². The Bertz CT molecular complexity index is 1960. The monoisotopic (exact) mass is 686 g/mol. The Hall–Kier alpha value is -3.98. The number of nitrogens with one attached hydrogen (secondary N) is 2. The Labute approximate surface area is 277 Å². The molecule has 0 atom stereocenters. The van der Waals surface area contributed by atoms with Crippen LogP contribution < -0.4 is 21.1 Å². The summed E-state index contributed by atoms with van der Waals surface area (Å²) in [6.45, 7) is 5.95. The fourth-order valence-corrected chi connectivity index (χ4v) is 9.00. The van der Waals surface area contributed by atoms with Crippen molar-refractivity contribution in [2.45, 2.75) is 81.2 Å². The van der Waals surface area contributed by atoms with Crippen molar-refractivity contribution in [3.8, 4) is 0 Å². The minimum absolute atomic E-state index is 0.00574. The van der Waals surface area contributed by atoms with Crippen LogP contribution in [0.3, 0.4) is 0 Å². The zero-order chi connectivity index (χ0) is 34.2. The number of halogens is 3. The van der Waals surface area contributed by atoms with Crippen LogP contribution in [0.4, 0.5) is 30.5 Å². The van der Waals surface area contributed by atoms with Gasteiger partial charge in [-0.25, -0.2) is 13.4 Å². The van der Waals surface area contributed by atoms with Crippen LogP contribution in [0.25, 0.3) is 11.0 Å². The Morgan fingerprint density at radius 1 is 1.08 bits per heavy atom. The fourth-order valence-electron chi connectivity index (χ4n) is 6.95. The molecule has 4 aromatic rings. The summed E-state index contributed by atoms with van der Waals surface area (Å²) in [6.07, 6.45) is 2.71. The molecular weight excluding hydrogens is 645 g/mol. The molecule has 258 valence electrons. The highest BCUT2D eigenvalue weighted by Gasteiger charge is 2.36. The summed E-state index contributed by atoms with van der Waals surface area (Å²) < 4.78 is 72.9. The van der Waals surface area contributed by atoms with E-state index in [2.05, 4.69) is 25.7 Å². The van der Waals surface area contributed by atoms with Crippen molar-refractivity contribution in [2.24, 2.45) is 7.05 Å². The normalized spacial score (nSPS) is 16.4. The Balaban J connectivity index is 1.43. The molecule has 0 amide bonds. The number of benzene rings is 1. The summed E-state index contributed by atoms with van der Waals surface area (Å²) >= 11 is 0. The number of alkyl halides is 3. The van der Waals surface area contributed by atoms with Crippen LogP contribution in [-0.2, 0) is 29.6 Å². The second-order valence-electron chi connectivity index (χ2n) is 12.6. The summed E-state index contributed by atoms with van der Waals surface area (Å²) in [5, 5.41) is 10.6. The summed E-state index contributed by atoms with van der Waals surface area (Å²) in [4.78, 5) is 25.0. The predicted octanol–water partition coefficient (Wildman–Crippen LogP) is 5.37. The summed E-state index contributed by atoms with van der Waals surface area (Å²) in [5.41, 5.74) is 0.166. The van der Waals surface area contributed by atoms with E-state index in [9.17, 15) is 26.4 Å². The molecule has 1 aromatic carbocycles. The number of fused-ring (bicyclic) bond motifs is 1. The van der Waals surface area contributed by atoms with Gasteiger partial charge >= 0.3 is 6.18 Å². The van der Waals surface area contributed by atoms with Gasteiger partial charge in [-0.1, -0.05) is 26.7 Å². The standard InChI is InChI=1S/C33H41F3N8O3S/c1-4-21(5-2)25-16-22-18-38-32(39-23-10-11-28(26(17-23)33(34,35)36)43-14-12-37-13-15-43)40-30(22)44(31(25)45)19-27-29(20-42(3)41-27)48(46,47)24-8-6-7-9-24/h10-11,16-18,20-21,24,37H,4-9,12-15,19H2,1-3H3,(H,38,39,40). The molecule has 6 rings (SSSR count). The van der Waals surface area contributed by atoms with E-state index in [-0.39, 0.29) is 51.6 Å². The summed E-state index contributed by atoms with van der Waals surface area (Å²) in [5.74, 6) is -0.0554. The third kappa shape index (κ3) is 6.66. The molecule has 1 saturated carbocycles. The minimum Gasteiger partial charge on any atom is -0.368 e. The maximum absolute atomic E-state index is 14.2. The van der Waals surface area contributed by atoms with Crippen molar-refractivity contribution < 1.29 is 21.6 Å². The lowest BCUT2D eigenvalue weighted by atomic mass is 9.94. The number of aryl methyl sites for hydroxylation is 1. The van der Waals surface area contributed by atoms with Crippen molar-refractivity contribution >= 4 is 38.2 Å². The lowest BCUT2D eigenvalue weighted by Crippen LogP contribution is -2.44.